The molecule has 0 amide bonds. The molecule has 1 saturated heterocycles. The number of carbonyl (C=O) groups is 1. The fourth-order valence-corrected chi connectivity index (χ4v) is 2.46. The first-order chi connectivity index (χ1) is 9.05. The van der Waals surface area contributed by atoms with Gasteiger partial charge in [0.2, 0.25) is 5.76 Å². The van der Waals surface area contributed by atoms with E-state index >= 15 is 0 Å². The van der Waals surface area contributed by atoms with Crippen molar-refractivity contribution >= 4 is 5.97 Å². The Hall–Kier alpha value is -1.37. The Morgan fingerprint density at radius 2 is 2.00 bits per heavy atom. The summed E-state index contributed by atoms with van der Waals surface area (Å²) >= 11 is 0. The van der Waals surface area contributed by atoms with Crippen LogP contribution in [-0.4, -0.2) is 55.5 Å². The van der Waals surface area contributed by atoms with Crippen molar-refractivity contribution in [3.63, 3.8) is 0 Å². The molecule has 106 valence electrons. The number of furan rings is 1. The second kappa shape index (κ2) is 5.73. The first-order valence-electron chi connectivity index (χ1n) is 6.15. The van der Waals surface area contributed by atoms with E-state index in [0.717, 1.165) is 13.1 Å². The van der Waals surface area contributed by atoms with Gasteiger partial charge in [-0.15, -0.1) is 0 Å². The predicted molar refractivity (Wildman–Crippen MR) is 67.3 cm³/mol. The molecule has 2 heterocycles. The van der Waals surface area contributed by atoms with Crippen LogP contribution in [0.4, 0.5) is 0 Å². The van der Waals surface area contributed by atoms with Crippen molar-refractivity contribution in [1.29, 1.82) is 0 Å². The van der Waals surface area contributed by atoms with Crippen LogP contribution >= 0.6 is 0 Å². The van der Waals surface area contributed by atoms with E-state index < -0.39 is 5.97 Å². The number of nitrogens with zero attached hydrogens (tertiary/aromatic N) is 1. The van der Waals surface area contributed by atoms with Crippen LogP contribution in [0.2, 0.25) is 0 Å². The summed E-state index contributed by atoms with van der Waals surface area (Å²) in [6, 6.07) is 1.77. The van der Waals surface area contributed by atoms with Crippen molar-refractivity contribution in [2.75, 3.05) is 27.3 Å². The monoisotopic (exact) mass is 269 g/mol. The van der Waals surface area contributed by atoms with E-state index in [1.807, 2.05) is 0 Å². The van der Waals surface area contributed by atoms with Gasteiger partial charge in [0.25, 0.3) is 0 Å². The molecule has 1 aliphatic heterocycles. The fraction of sp³-hybridized carbons (Fsp3) is 0.615. The van der Waals surface area contributed by atoms with E-state index in [-0.39, 0.29) is 18.0 Å². The molecule has 1 fully saturated rings. The van der Waals surface area contributed by atoms with Gasteiger partial charge in [-0.3, -0.25) is 4.90 Å². The molecule has 2 atom stereocenters. The Kier molecular flexibility index (Phi) is 4.24. The van der Waals surface area contributed by atoms with Gasteiger partial charge < -0.3 is 19.0 Å². The number of methoxy groups -OCH3 is 2. The zero-order chi connectivity index (χ0) is 14.0. The quantitative estimate of drug-likeness (QED) is 0.864. The van der Waals surface area contributed by atoms with Crippen molar-refractivity contribution in [3.8, 4) is 0 Å². The topological polar surface area (TPSA) is 72.1 Å². The summed E-state index contributed by atoms with van der Waals surface area (Å²) in [5, 5.41) is 8.95. The summed E-state index contributed by atoms with van der Waals surface area (Å²) in [4.78, 5) is 13.1. The van der Waals surface area contributed by atoms with Crippen LogP contribution in [0, 0.1) is 6.92 Å². The lowest BCUT2D eigenvalue weighted by Gasteiger charge is -2.13. The zero-order valence-corrected chi connectivity index (χ0v) is 11.4. The maximum atomic E-state index is 10.9. The van der Waals surface area contributed by atoms with Crippen LogP contribution in [0.1, 0.15) is 21.9 Å². The van der Waals surface area contributed by atoms with Crippen LogP contribution in [0.25, 0.3) is 0 Å². The number of carboxylic acids is 1. The van der Waals surface area contributed by atoms with E-state index in [1.54, 1.807) is 27.2 Å². The summed E-state index contributed by atoms with van der Waals surface area (Å²) < 4.78 is 16.1. The molecule has 1 aromatic heterocycles. The summed E-state index contributed by atoms with van der Waals surface area (Å²) in [5.41, 5.74) is 0.647. The lowest BCUT2D eigenvalue weighted by atomic mass is 10.2. The molecule has 0 radical (unpaired) electrons. The smallest absolute Gasteiger partial charge is 0.372 e. The molecule has 6 nitrogen and oxygen atoms in total. The molecule has 2 rings (SSSR count). The van der Waals surface area contributed by atoms with Crippen LogP contribution in [0.3, 0.4) is 0 Å². The number of carboxylic acid groups (broad SMARTS) is 1. The van der Waals surface area contributed by atoms with E-state index in [2.05, 4.69) is 4.90 Å². The second-order valence-electron chi connectivity index (χ2n) is 4.77. The molecule has 0 bridgehead atoms. The molecule has 19 heavy (non-hydrogen) atoms. The highest BCUT2D eigenvalue weighted by atomic mass is 16.5. The molecule has 6 heteroatoms. The maximum absolute atomic E-state index is 10.9. The first-order valence-corrected chi connectivity index (χ1v) is 6.15. The average molecular weight is 269 g/mol. The molecule has 1 aliphatic rings. The largest absolute Gasteiger partial charge is 0.475 e. The number of aryl methyl sites for hydroxylation is 1. The molecule has 0 saturated carbocycles. The molecule has 0 aliphatic carbocycles. The normalized spacial score (nSPS) is 23.9. The van der Waals surface area contributed by atoms with Gasteiger partial charge in [0, 0.05) is 32.9 Å². The summed E-state index contributed by atoms with van der Waals surface area (Å²) in [6.07, 6.45) is 0.0833. The van der Waals surface area contributed by atoms with Gasteiger partial charge in [0.1, 0.15) is 5.76 Å². The number of likely N-dealkylation sites (tertiary alicyclic amines) is 1. The van der Waals surface area contributed by atoms with Gasteiger partial charge in [-0.05, 0) is 13.0 Å². The Balaban J connectivity index is 2.02. The predicted octanol–water partition coefficient (Wildman–Crippen LogP) is 1.13. The number of rotatable bonds is 5. The molecule has 2 unspecified atom stereocenters. The summed E-state index contributed by atoms with van der Waals surface area (Å²) in [7, 11) is 3.33. The van der Waals surface area contributed by atoms with Crippen LogP contribution in [0.15, 0.2) is 10.5 Å². The number of hydrogen-bond acceptors (Lipinski definition) is 5. The van der Waals surface area contributed by atoms with E-state index in [9.17, 15) is 4.79 Å². The minimum atomic E-state index is -1.03. The van der Waals surface area contributed by atoms with Crippen LogP contribution in [0.5, 0.6) is 0 Å². The minimum Gasteiger partial charge on any atom is -0.475 e. The third-order valence-corrected chi connectivity index (χ3v) is 3.44. The highest BCUT2D eigenvalue weighted by Crippen LogP contribution is 2.21. The van der Waals surface area contributed by atoms with Gasteiger partial charge >= 0.3 is 5.97 Å². The van der Waals surface area contributed by atoms with Crippen molar-refractivity contribution in [2.24, 2.45) is 0 Å². The summed E-state index contributed by atoms with van der Waals surface area (Å²) in [5.74, 6) is -0.364. The molecule has 1 aromatic rings. The maximum Gasteiger partial charge on any atom is 0.372 e. The Bertz CT molecular complexity index is 444. The number of ether oxygens (including phenoxy) is 2. The van der Waals surface area contributed by atoms with Crippen molar-refractivity contribution < 1.29 is 23.8 Å². The Morgan fingerprint density at radius 3 is 2.42 bits per heavy atom. The van der Waals surface area contributed by atoms with Crippen LogP contribution < -0.4 is 0 Å². The average Bonchev–Trinajstić information content (AvgIpc) is 2.92. The molecule has 1 N–H and O–H groups in total. The van der Waals surface area contributed by atoms with Crippen LogP contribution in [-0.2, 0) is 16.0 Å². The van der Waals surface area contributed by atoms with Gasteiger partial charge in [-0.2, -0.15) is 0 Å². The highest BCUT2D eigenvalue weighted by Gasteiger charge is 2.33. The van der Waals surface area contributed by atoms with Gasteiger partial charge in [-0.25, -0.2) is 4.79 Å². The third-order valence-electron chi connectivity index (χ3n) is 3.44. The molecule has 0 spiro atoms. The van der Waals surface area contributed by atoms with E-state index in [0.29, 0.717) is 17.9 Å². The third kappa shape index (κ3) is 2.97. The Labute approximate surface area is 111 Å². The minimum absolute atomic E-state index is 0.0146. The second-order valence-corrected chi connectivity index (χ2v) is 4.77. The van der Waals surface area contributed by atoms with Gasteiger partial charge in [-0.1, -0.05) is 0 Å². The molecular formula is C13H19NO5. The number of aromatic carboxylic acids is 1. The first kappa shape index (κ1) is 14.0. The van der Waals surface area contributed by atoms with Crippen molar-refractivity contribution in [1.82, 2.24) is 4.90 Å². The summed E-state index contributed by atoms with van der Waals surface area (Å²) in [6.45, 7) is 3.79. The van der Waals surface area contributed by atoms with Gasteiger partial charge in [0.15, 0.2) is 0 Å². The lowest BCUT2D eigenvalue weighted by molar-refractivity contribution is -0.00461. The SMILES string of the molecule is COC1CN(Cc2cc(C)c(C(=O)O)o2)CC1OC. The molecular weight excluding hydrogens is 250 g/mol. The highest BCUT2D eigenvalue weighted by molar-refractivity contribution is 5.86. The van der Waals surface area contributed by atoms with E-state index in [4.69, 9.17) is 19.0 Å². The standard InChI is InChI=1S/C13H19NO5/c1-8-4-9(19-12(8)13(15)16)5-14-6-10(17-2)11(7-14)18-3/h4,10-11H,5-7H2,1-3H3,(H,15,16). The molecule has 0 aromatic carbocycles. The van der Waals surface area contributed by atoms with E-state index in [1.165, 1.54) is 0 Å². The van der Waals surface area contributed by atoms with Gasteiger partial charge in [0.05, 0.1) is 18.8 Å². The number of hydrogen-bond donors (Lipinski definition) is 1. The van der Waals surface area contributed by atoms with Crippen molar-refractivity contribution in [3.05, 3.63) is 23.2 Å². The zero-order valence-electron chi connectivity index (χ0n) is 11.4. The van der Waals surface area contributed by atoms with Crippen molar-refractivity contribution in [2.45, 2.75) is 25.7 Å². The Morgan fingerprint density at radius 1 is 1.42 bits per heavy atom. The lowest BCUT2D eigenvalue weighted by Crippen LogP contribution is -2.27. The fourth-order valence-electron chi connectivity index (χ4n) is 2.46.